The quantitative estimate of drug-likeness (QED) is 0.803. The third kappa shape index (κ3) is 4.32. The van der Waals surface area contributed by atoms with Gasteiger partial charge < -0.3 is 0 Å². The Kier molecular flexibility index (Phi) is 5.56. The molecule has 19 heavy (non-hydrogen) atoms. The molecule has 0 spiro atoms. The third-order valence-corrected chi connectivity index (χ3v) is 4.84. The molecule has 1 rings (SSSR count). The van der Waals surface area contributed by atoms with Gasteiger partial charge >= 0.3 is 0 Å². The highest BCUT2D eigenvalue weighted by molar-refractivity contribution is 7.89. The Morgan fingerprint density at radius 1 is 1.00 bits per heavy atom. The molecule has 0 aliphatic rings. The van der Waals surface area contributed by atoms with Crippen LogP contribution in [0.2, 0.25) is 0 Å². The van der Waals surface area contributed by atoms with Gasteiger partial charge in [-0.15, -0.1) is 0 Å². The molecule has 0 saturated heterocycles. The van der Waals surface area contributed by atoms with Crippen molar-refractivity contribution in [1.29, 1.82) is 0 Å². The molecule has 4 heteroatoms. The van der Waals surface area contributed by atoms with Crippen LogP contribution in [-0.2, 0) is 10.0 Å². The van der Waals surface area contributed by atoms with Crippen molar-refractivity contribution in [3.05, 3.63) is 29.8 Å². The Bertz CT molecular complexity index is 497. The smallest absolute Gasteiger partial charge is 0.207 e. The number of benzene rings is 1. The van der Waals surface area contributed by atoms with Crippen LogP contribution in [0.15, 0.2) is 29.2 Å². The highest BCUT2D eigenvalue weighted by Gasteiger charge is 2.26. The first-order valence-corrected chi connectivity index (χ1v) is 8.25. The van der Waals surface area contributed by atoms with Gasteiger partial charge in [0.1, 0.15) is 0 Å². The van der Waals surface area contributed by atoms with Crippen LogP contribution in [-0.4, -0.2) is 25.8 Å². The molecule has 0 atom stereocenters. The average molecular weight is 283 g/mol. The number of sulfonamides is 1. The molecule has 0 unspecified atom stereocenters. The second kappa shape index (κ2) is 6.53. The van der Waals surface area contributed by atoms with Crippen molar-refractivity contribution in [3.63, 3.8) is 0 Å². The molecule has 0 aliphatic carbocycles. The lowest BCUT2D eigenvalue weighted by Gasteiger charge is -2.26. The van der Waals surface area contributed by atoms with Gasteiger partial charge in [0.2, 0.25) is 10.0 Å². The minimum absolute atomic E-state index is 0.317. The Labute approximate surface area is 117 Å². The zero-order chi connectivity index (χ0) is 14.6. The lowest BCUT2D eigenvalue weighted by Crippen LogP contribution is -2.37. The molecular weight excluding hydrogens is 258 g/mol. The lowest BCUT2D eigenvalue weighted by atomic mass is 10.2. The van der Waals surface area contributed by atoms with E-state index in [4.69, 9.17) is 0 Å². The van der Waals surface area contributed by atoms with E-state index < -0.39 is 10.0 Å². The second-order valence-corrected chi connectivity index (χ2v) is 7.78. The summed E-state index contributed by atoms with van der Waals surface area (Å²) in [6, 6.07) is 7.18. The van der Waals surface area contributed by atoms with Crippen LogP contribution >= 0.6 is 0 Å². The predicted octanol–water partition coefficient (Wildman–Crippen LogP) is 3.30. The maximum Gasteiger partial charge on any atom is 0.243 e. The van der Waals surface area contributed by atoms with Gasteiger partial charge in [-0.05, 0) is 30.4 Å². The maximum atomic E-state index is 12.8. The number of hydrogen-bond donors (Lipinski definition) is 0. The van der Waals surface area contributed by atoms with Gasteiger partial charge in [-0.2, -0.15) is 4.31 Å². The van der Waals surface area contributed by atoms with Crippen molar-refractivity contribution in [1.82, 2.24) is 4.31 Å². The van der Waals surface area contributed by atoms with E-state index in [-0.39, 0.29) is 0 Å². The second-order valence-electron chi connectivity index (χ2n) is 5.88. The first-order valence-electron chi connectivity index (χ1n) is 6.81. The molecule has 0 N–H and O–H groups in total. The van der Waals surface area contributed by atoms with Crippen LogP contribution in [0, 0.1) is 18.8 Å². The van der Waals surface area contributed by atoms with Crippen molar-refractivity contribution >= 4 is 10.0 Å². The van der Waals surface area contributed by atoms with E-state index in [1.807, 2.05) is 46.8 Å². The van der Waals surface area contributed by atoms with Gasteiger partial charge in [-0.25, -0.2) is 8.42 Å². The average Bonchev–Trinajstić information content (AvgIpc) is 2.27. The summed E-state index contributed by atoms with van der Waals surface area (Å²) in [5.41, 5.74) is 0.806. The van der Waals surface area contributed by atoms with Crippen molar-refractivity contribution in [2.45, 2.75) is 39.5 Å². The summed E-state index contributed by atoms with van der Waals surface area (Å²) in [7, 11) is -3.39. The zero-order valence-electron chi connectivity index (χ0n) is 12.6. The molecule has 108 valence electrons. The van der Waals surface area contributed by atoms with Crippen LogP contribution in [0.1, 0.15) is 33.3 Å². The molecule has 3 nitrogen and oxygen atoms in total. The minimum atomic E-state index is -3.39. The van der Waals surface area contributed by atoms with Gasteiger partial charge in [0, 0.05) is 13.1 Å². The molecule has 0 radical (unpaired) electrons. The van der Waals surface area contributed by atoms with E-state index in [1.54, 1.807) is 16.4 Å². The normalized spacial score (nSPS) is 12.6. The minimum Gasteiger partial charge on any atom is -0.207 e. The molecule has 0 heterocycles. The molecule has 1 aromatic rings. The van der Waals surface area contributed by atoms with Gasteiger partial charge in [-0.1, -0.05) is 45.9 Å². The van der Waals surface area contributed by atoms with Gasteiger partial charge in [0.05, 0.1) is 4.90 Å². The molecule has 0 amide bonds. The summed E-state index contributed by atoms with van der Waals surface area (Å²) in [6.07, 6.45) is 0. The van der Waals surface area contributed by atoms with Crippen molar-refractivity contribution < 1.29 is 8.42 Å². The topological polar surface area (TPSA) is 37.4 Å². The summed E-state index contributed by atoms with van der Waals surface area (Å²) in [4.78, 5) is 0.427. The van der Waals surface area contributed by atoms with E-state index in [0.29, 0.717) is 29.8 Å². The molecule has 0 fully saturated rings. The summed E-state index contributed by atoms with van der Waals surface area (Å²) >= 11 is 0. The molecule has 0 aliphatic heterocycles. The van der Waals surface area contributed by atoms with Crippen LogP contribution < -0.4 is 0 Å². The largest absolute Gasteiger partial charge is 0.243 e. The van der Waals surface area contributed by atoms with E-state index in [1.165, 1.54) is 0 Å². The van der Waals surface area contributed by atoms with Crippen molar-refractivity contribution in [2.24, 2.45) is 11.8 Å². The number of aryl methyl sites for hydroxylation is 1. The van der Waals surface area contributed by atoms with Crippen LogP contribution in [0.25, 0.3) is 0 Å². The molecule has 1 aromatic carbocycles. The predicted molar refractivity (Wildman–Crippen MR) is 79.6 cm³/mol. The molecule has 0 aromatic heterocycles. The fourth-order valence-electron chi connectivity index (χ4n) is 2.07. The SMILES string of the molecule is Cc1ccccc1S(=O)(=O)N(CC(C)C)CC(C)C. The van der Waals surface area contributed by atoms with Crippen molar-refractivity contribution in [2.75, 3.05) is 13.1 Å². The molecular formula is C15H25NO2S. The van der Waals surface area contributed by atoms with Crippen LogP contribution in [0.3, 0.4) is 0 Å². The first kappa shape index (κ1) is 16.2. The fraction of sp³-hybridized carbons (Fsp3) is 0.600. The number of hydrogen-bond acceptors (Lipinski definition) is 2. The Morgan fingerprint density at radius 3 is 1.89 bits per heavy atom. The molecule has 0 bridgehead atoms. The highest BCUT2D eigenvalue weighted by atomic mass is 32.2. The van der Waals surface area contributed by atoms with E-state index in [2.05, 4.69) is 0 Å². The summed E-state index contributed by atoms with van der Waals surface area (Å²) < 4.78 is 27.1. The monoisotopic (exact) mass is 283 g/mol. The Morgan fingerprint density at radius 2 is 1.47 bits per heavy atom. The van der Waals surface area contributed by atoms with Gasteiger partial charge in [0.15, 0.2) is 0 Å². The van der Waals surface area contributed by atoms with E-state index >= 15 is 0 Å². The van der Waals surface area contributed by atoms with Gasteiger partial charge in [0.25, 0.3) is 0 Å². The zero-order valence-corrected chi connectivity index (χ0v) is 13.4. The maximum absolute atomic E-state index is 12.8. The number of rotatable bonds is 6. The van der Waals surface area contributed by atoms with Crippen LogP contribution in [0.5, 0.6) is 0 Å². The summed E-state index contributed by atoms with van der Waals surface area (Å²) in [5, 5.41) is 0. The summed E-state index contributed by atoms with van der Waals surface area (Å²) in [6.45, 7) is 11.1. The highest BCUT2D eigenvalue weighted by Crippen LogP contribution is 2.21. The van der Waals surface area contributed by atoms with Gasteiger partial charge in [-0.3, -0.25) is 0 Å². The fourth-order valence-corrected chi connectivity index (χ4v) is 4.06. The lowest BCUT2D eigenvalue weighted by molar-refractivity contribution is 0.333. The van der Waals surface area contributed by atoms with Crippen LogP contribution in [0.4, 0.5) is 0 Å². The Hall–Kier alpha value is -0.870. The van der Waals surface area contributed by atoms with E-state index in [9.17, 15) is 8.42 Å². The molecule has 0 saturated carbocycles. The summed E-state index contributed by atoms with van der Waals surface area (Å²) in [5.74, 6) is 0.634. The number of nitrogens with zero attached hydrogens (tertiary/aromatic N) is 1. The first-order chi connectivity index (χ1) is 8.75. The standard InChI is InChI=1S/C15H25NO2S/c1-12(2)10-16(11-13(3)4)19(17,18)15-9-7-6-8-14(15)5/h6-9,12-13H,10-11H2,1-5H3. The third-order valence-electron chi connectivity index (χ3n) is 2.85. The Balaban J connectivity index is 3.16. The van der Waals surface area contributed by atoms with E-state index in [0.717, 1.165) is 5.56 Å². The van der Waals surface area contributed by atoms with Crippen molar-refractivity contribution in [3.8, 4) is 0 Å².